The Balaban J connectivity index is 1.76. The summed E-state index contributed by atoms with van der Waals surface area (Å²) in [6.07, 6.45) is -1.11. The van der Waals surface area contributed by atoms with Crippen LogP contribution in [0.1, 0.15) is 11.6 Å². The van der Waals surface area contributed by atoms with E-state index in [2.05, 4.69) is 10.1 Å². The summed E-state index contributed by atoms with van der Waals surface area (Å²) in [6, 6.07) is 6.59. The van der Waals surface area contributed by atoms with E-state index in [9.17, 15) is 28.7 Å². The van der Waals surface area contributed by atoms with Crippen molar-refractivity contribution in [3.05, 3.63) is 46.9 Å². The highest BCUT2D eigenvalue weighted by molar-refractivity contribution is 8.00. The van der Waals surface area contributed by atoms with Crippen LogP contribution in [-0.4, -0.2) is 56.4 Å². The molecule has 3 rings (SSSR count). The molecule has 1 aromatic carbocycles. The van der Waals surface area contributed by atoms with E-state index in [-0.39, 0.29) is 11.3 Å². The molecule has 1 unspecified atom stereocenters. The summed E-state index contributed by atoms with van der Waals surface area (Å²) in [6.45, 7) is -0.449. The fourth-order valence-electron chi connectivity index (χ4n) is 3.08. The zero-order chi connectivity index (χ0) is 21.3. The molecular weight excluding hydrogens is 423 g/mol. The van der Waals surface area contributed by atoms with Gasteiger partial charge in [0.2, 0.25) is 5.91 Å². The fraction of sp³-hybridized carbons (Fsp3) is 0.312. The molecule has 156 valence electrons. The lowest BCUT2D eigenvalue weighted by atomic mass is 10.0. The van der Waals surface area contributed by atoms with Gasteiger partial charge in [-0.25, -0.2) is 4.79 Å². The van der Waals surface area contributed by atoms with Crippen molar-refractivity contribution in [3.8, 4) is 0 Å². The van der Waals surface area contributed by atoms with Gasteiger partial charge in [0.25, 0.3) is 5.91 Å². The van der Waals surface area contributed by atoms with Gasteiger partial charge >= 0.3 is 13.7 Å². The van der Waals surface area contributed by atoms with Crippen molar-refractivity contribution in [3.63, 3.8) is 0 Å². The van der Waals surface area contributed by atoms with Gasteiger partial charge in [-0.1, -0.05) is 30.3 Å². The molecule has 0 radical (unpaired) electrons. The van der Waals surface area contributed by atoms with Crippen LogP contribution in [0.4, 0.5) is 4.79 Å². The minimum Gasteiger partial charge on any atom is -0.445 e. The molecule has 3 amide bonds. The van der Waals surface area contributed by atoms with Crippen LogP contribution in [-0.2, 0) is 18.9 Å². The lowest BCUT2D eigenvalue weighted by molar-refractivity contribution is -0.145. The highest BCUT2D eigenvalue weighted by Gasteiger charge is 2.56. The van der Waals surface area contributed by atoms with Crippen LogP contribution in [0.5, 0.6) is 0 Å². The van der Waals surface area contributed by atoms with Crippen molar-refractivity contribution in [2.45, 2.75) is 17.5 Å². The Morgan fingerprint density at radius 3 is 2.59 bits per heavy atom. The van der Waals surface area contributed by atoms with Gasteiger partial charge in [0.15, 0.2) is 0 Å². The van der Waals surface area contributed by atoms with E-state index in [0.29, 0.717) is 5.56 Å². The molecule has 0 bridgehead atoms. The largest absolute Gasteiger partial charge is 0.445 e. The van der Waals surface area contributed by atoms with Gasteiger partial charge in [0, 0.05) is 11.3 Å². The molecule has 11 nitrogen and oxygen atoms in total. The predicted octanol–water partition coefficient (Wildman–Crippen LogP) is -0.429. The van der Waals surface area contributed by atoms with Crippen LogP contribution in [0.15, 0.2) is 41.3 Å². The summed E-state index contributed by atoms with van der Waals surface area (Å²) in [7, 11) is -4.86. The molecule has 0 saturated carbocycles. The maximum atomic E-state index is 12.6. The van der Waals surface area contributed by atoms with Gasteiger partial charge in [0.1, 0.15) is 29.5 Å². The first-order valence-electron chi connectivity index (χ1n) is 8.37. The number of primary amides is 1. The molecule has 1 fully saturated rings. The number of hydrogen-bond acceptors (Lipinski definition) is 7. The molecule has 29 heavy (non-hydrogen) atoms. The second-order valence-corrected chi connectivity index (χ2v) is 8.98. The predicted molar refractivity (Wildman–Crippen MR) is 103 cm³/mol. The summed E-state index contributed by atoms with van der Waals surface area (Å²) in [5.74, 6) is -1.19. The standard InChI is InChI=1S/C16H19N4O7PS/c17-10(8-4-2-1-3-5-8)12(21)19-11-13(22)20-14(28(24,25)26)9(6-27-16(18)23)7-29-15(11)20/h1-5,10-11,15H,6-7,17H2,(H2,18,23)(H,19,21)(H2,24,25,26)/t10?,11-,15+/m1/s1. The van der Waals surface area contributed by atoms with E-state index in [4.69, 9.17) is 11.5 Å². The lowest BCUT2D eigenvalue weighted by Gasteiger charge is -2.50. The van der Waals surface area contributed by atoms with Crippen molar-refractivity contribution < 1.29 is 33.5 Å². The summed E-state index contributed by atoms with van der Waals surface area (Å²) in [5.41, 5.74) is 10.9. The van der Waals surface area contributed by atoms with Gasteiger partial charge in [-0.3, -0.25) is 19.1 Å². The van der Waals surface area contributed by atoms with Crippen molar-refractivity contribution in [1.29, 1.82) is 0 Å². The van der Waals surface area contributed by atoms with Crippen molar-refractivity contribution in [1.82, 2.24) is 10.2 Å². The van der Waals surface area contributed by atoms with Crippen molar-refractivity contribution in [2.75, 3.05) is 12.4 Å². The minimum atomic E-state index is -4.86. The van der Waals surface area contributed by atoms with Gasteiger partial charge in [-0.05, 0) is 5.56 Å². The average molecular weight is 442 g/mol. The van der Waals surface area contributed by atoms with Gasteiger partial charge in [-0.15, -0.1) is 11.8 Å². The van der Waals surface area contributed by atoms with Crippen LogP contribution in [0, 0.1) is 0 Å². The van der Waals surface area contributed by atoms with E-state index in [1.54, 1.807) is 30.3 Å². The number of hydrogen-bond donors (Lipinski definition) is 5. The molecule has 2 aliphatic heterocycles. The number of nitrogens with two attached hydrogens (primary N) is 2. The number of thioether (sulfide) groups is 1. The third-order valence-corrected chi connectivity index (χ3v) is 6.84. The Morgan fingerprint density at radius 1 is 1.34 bits per heavy atom. The molecular formula is C16H19N4O7PS. The highest BCUT2D eigenvalue weighted by atomic mass is 32.2. The first kappa shape index (κ1) is 21.3. The van der Waals surface area contributed by atoms with Crippen LogP contribution in [0.3, 0.4) is 0 Å². The van der Waals surface area contributed by atoms with E-state index in [1.807, 2.05) is 0 Å². The molecule has 7 N–H and O–H groups in total. The first-order chi connectivity index (χ1) is 13.6. The number of ether oxygens (including phenoxy) is 1. The molecule has 1 saturated heterocycles. The fourth-order valence-corrected chi connectivity index (χ4v) is 5.65. The van der Waals surface area contributed by atoms with E-state index in [1.165, 1.54) is 11.8 Å². The molecule has 0 aromatic heterocycles. The second-order valence-electron chi connectivity index (χ2n) is 6.36. The second kappa shape index (κ2) is 8.17. The molecule has 3 atom stereocenters. The summed E-state index contributed by atoms with van der Waals surface area (Å²) in [4.78, 5) is 56.1. The molecule has 1 aromatic rings. The third kappa shape index (κ3) is 4.31. The molecule has 0 aliphatic carbocycles. The van der Waals surface area contributed by atoms with Crippen LogP contribution in [0.25, 0.3) is 0 Å². The maximum absolute atomic E-state index is 12.6. The smallest absolute Gasteiger partial charge is 0.404 e. The SMILES string of the molecule is NC(=O)OCC1=C(P(=O)(O)O)N2C(=O)[C@@H](NC(=O)C(N)c3ccccc3)[C@@H]2SC1. The number of carbonyl (C=O) groups is 3. The van der Waals surface area contributed by atoms with Crippen molar-refractivity contribution in [2.24, 2.45) is 11.5 Å². The number of carbonyl (C=O) groups excluding carboxylic acids is 3. The van der Waals surface area contributed by atoms with Crippen LogP contribution >= 0.6 is 19.4 Å². The number of nitrogens with zero attached hydrogens (tertiary/aromatic N) is 1. The summed E-state index contributed by atoms with van der Waals surface area (Å²) >= 11 is 1.17. The Kier molecular flexibility index (Phi) is 6.01. The topological polar surface area (TPSA) is 185 Å². The summed E-state index contributed by atoms with van der Waals surface area (Å²) < 4.78 is 16.6. The first-order valence-corrected chi connectivity index (χ1v) is 11.0. The van der Waals surface area contributed by atoms with Gasteiger partial charge < -0.3 is 31.3 Å². The van der Waals surface area contributed by atoms with E-state index < -0.39 is 55.0 Å². The number of β-lactam (4-membered cyclic amide) rings is 1. The number of fused-ring (bicyclic) bond motifs is 1. The van der Waals surface area contributed by atoms with Gasteiger partial charge in [-0.2, -0.15) is 0 Å². The lowest BCUT2D eigenvalue weighted by Crippen LogP contribution is -2.70. The normalized spacial score (nSPS) is 22.4. The minimum absolute atomic E-state index is 0.0810. The van der Waals surface area contributed by atoms with Crippen LogP contribution in [0.2, 0.25) is 0 Å². The highest BCUT2D eigenvalue weighted by Crippen LogP contribution is 2.55. The number of rotatable bonds is 6. The third-order valence-electron chi connectivity index (χ3n) is 4.42. The summed E-state index contributed by atoms with van der Waals surface area (Å²) in [5, 5.41) is 1.83. The average Bonchev–Trinajstić information content (AvgIpc) is 2.68. The molecule has 2 heterocycles. The van der Waals surface area contributed by atoms with Crippen molar-refractivity contribution >= 4 is 37.3 Å². The zero-order valence-corrected chi connectivity index (χ0v) is 16.6. The number of nitrogens with one attached hydrogen (secondary N) is 1. The monoisotopic (exact) mass is 442 g/mol. The molecule has 2 aliphatic rings. The van der Waals surface area contributed by atoms with Crippen LogP contribution < -0.4 is 16.8 Å². The Labute approximate surface area is 169 Å². The zero-order valence-electron chi connectivity index (χ0n) is 14.9. The van der Waals surface area contributed by atoms with E-state index >= 15 is 0 Å². The Morgan fingerprint density at radius 2 is 2.00 bits per heavy atom. The maximum Gasteiger partial charge on any atom is 0.404 e. The Hall–Kier alpha value is -2.37. The number of benzene rings is 1. The quantitative estimate of drug-likeness (QED) is 0.288. The van der Waals surface area contributed by atoms with E-state index in [0.717, 1.165) is 4.90 Å². The molecule has 0 spiro atoms. The number of amides is 3. The Bertz CT molecular complexity index is 919. The molecule has 13 heteroatoms. The van der Waals surface area contributed by atoms with Gasteiger partial charge in [0.05, 0.1) is 0 Å².